The molecule has 0 saturated heterocycles. The second-order valence-corrected chi connectivity index (χ2v) is 9.94. The molecule has 30 heavy (non-hydrogen) atoms. The van der Waals surface area contributed by atoms with Crippen LogP contribution in [0.15, 0.2) is 32.9 Å². The Balaban J connectivity index is 1.55. The van der Waals surface area contributed by atoms with Gasteiger partial charge in [0.25, 0.3) is 0 Å². The Morgan fingerprint density at radius 2 is 1.93 bits per heavy atom. The van der Waals surface area contributed by atoms with Gasteiger partial charge in [0.1, 0.15) is 15.7 Å². The number of aryl methyl sites for hydroxylation is 1. The summed E-state index contributed by atoms with van der Waals surface area (Å²) in [5, 5.41) is 16.9. The molecule has 0 spiro atoms. The number of fused-ring (bicyclic) bond motifs is 1. The molecule has 7 nitrogen and oxygen atoms in total. The summed E-state index contributed by atoms with van der Waals surface area (Å²) in [7, 11) is 3.28. The molecule has 1 aromatic carbocycles. The van der Waals surface area contributed by atoms with Crippen LogP contribution in [0.3, 0.4) is 0 Å². The fraction of sp³-hybridized carbons (Fsp3) is 0.300. The Morgan fingerprint density at radius 1 is 1.10 bits per heavy atom. The molecule has 0 bridgehead atoms. The Kier molecular flexibility index (Phi) is 5.21. The number of thiophene rings is 1. The highest BCUT2D eigenvalue weighted by Gasteiger charge is 2.23. The van der Waals surface area contributed by atoms with Crippen molar-refractivity contribution in [3.63, 3.8) is 0 Å². The van der Waals surface area contributed by atoms with Gasteiger partial charge in [0.15, 0.2) is 15.8 Å². The first-order chi connectivity index (χ1) is 14.6. The van der Waals surface area contributed by atoms with Crippen molar-refractivity contribution in [2.75, 3.05) is 19.5 Å². The zero-order chi connectivity index (χ0) is 20.7. The maximum absolute atomic E-state index is 5.49. The van der Waals surface area contributed by atoms with Gasteiger partial charge in [-0.15, -0.1) is 21.5 Å². The van der Waals surface area contributed by atoms with Gasteiger partial charge in [-0.2, -0.15) is 0 Å². The van der Waals surface area contributed by atoms with Crippen LogP contribution in [0.25, 0.3) is 21.3 Å². The summed E-state index contributed by atoms with van der Waals surface area (Å²) in [5.74, 6) is 2.13. The van der Waals surface area contributed by atoms with E-state index in [1.165, 1.54) is 24.6 Å². The predicted octanol–water partition coefficient (Wildman–Crippen LogP) is 5.26. The van der Waals surface area contributed by atoms with E-state index in [-0.39, 0.29) is 0 Å². The lowest BCUT2D eigenvalue weighted by Crippen LogP contribution is -1.99. The molecule has 1 fully saturated rings. The summed E-state index contributed by atoms with van der Waals surface area (Å²) in [6.07, 6.45) is 2.41. The van der Waals surface area contributed by atoms with Crippen LogP contribution in [0, 0.1) is 6.92 Å². The van der Waals surface area contributed by atoms with Crippen LogP contribution < -0.4 is 14.8 Å². The van der Waals surface area contributed by atoms with Crippen LogP contribution in [0.2, 0.25) is 0 Å². The largest absolute Gasteiger partial charge is 0.493 e. The number of aromatic nitrogens is 4. The second-order valence-electron chi connectivity index (χ2n) is 6.87. The van der Waals surface area contributed by atoms with Crippen molar-refractivity contribution in [2.24, 2.45) is 0 Å². The molecule has 3 aromatic heterocycles. The number of hydrogen-bond acceptors (Lipinski definition) is 10. The fourth-order valence-corrected chi connectivity index (χ4v) is 6.08. The van der Waals surface area contributed by atoms with Gasteiger partial charge in [-0.1, -0.05) is 17.4 Å². The van der Waals surface area contributed by atoms with Crippen LogP contribution in [-0.4, -0.2) is 40.4 Å². The number of hydrogen-bond donors (Lipinski definition) is 1. The molecular formula is C20H19N5O2S3. The van der Waals surface area contributed by atoms with E-state index in [4.69, 9.17) is 14.5 Å². The molecule has 1 aliphatic carbocycles. The zero-order valence-electron chi connectivity index (χ0n) is 16.6. The summed E-state index contributed by atoms with van der Waals surface area (Å²) < 4.78 is 11.7. The predicted molar refractivity (Wildman–Crippen MR) is 121 cm³/mol. The highest BCUT2D eigenvalue weighted by molar-refractivity contribution is 8.01. The van der Waals surface area contributed by atoms with Crippen LogP contribution in [-0.2, 0) is 0 Å². The molecule has 0 atom stereocenters. The van der Waals surface area contributed by atoms with Gasteiger partial charge in [-0.25, -0.2) is 9.97 Å². The highest BCUT2D eigenvalue weighted by atomic mass is 32.2. The first-order valence-corrected chi connectivity index (χ1v) is 11.9. The molecule has 1 aliphatic rings. The number of nitrogens with zero attached hydrogens (tertiary/aromatic N) is 4. The van der Waals surface area contributed by atoms with E-state index in [9.17, 15) is 0 Å². The minimum atomic E-state index is 0.553. The smallest absolute Gasteiger partial charge is 0.206 e. The Morgan fingerprint density at radius 3 is 2.70 bits per heavy atom. The summed E-state index contributed by atoms with van der Waals surface area (Å²) in [5.41, 5.74) is 2.10. The maximum atomic E-state index is 5.49. The van der Waals surface area contributed by atoms with Crippen molar-refractivity contribution < 1.29 is 9.47 Å². The van der Waals surface area contributed by atoms with Crippen molar-refractivity contribution in [3.05, 3.63) is 29.4 Å². The number of ether oxygens (including phenoxy) is 2. The lowest BCUT2D eigenvalue weighted by Gasteiger charge is -2.10. The molecule has 0 radical (unpaired) electrons. The third-order valence-electron chi connectivity index (χ3n) is 4.70. The van der Waals surface area contributed by atoms with E-state index in [0.29, 0.717) is 17.5 Å². The van der Waals surface area contributed by atoms with Gasteiger partial charge in [0.05, 0.1) is 19.6 Å². The minimum absolute atomic E-state index is 0.553. The van der Waals surface area contributed by atoms with Gasteiger partial charge in [-0.3, -0.25) is 0 Å². The second kappa shape index (κ2) is 8.01. The Bertz CT molecular complexity index is 1220. The van der Waals surface area contributed by atoms with E-state index in [2.05, 4.69) is 25.9 Å². The summed E-state index contributed by atoms with van der Waals surface area (Å²) in [4.78, 5) is 10.3. The lowest BCUT2D eigenvalue weighted by molar-refractivity contribution is 0.355. The molecule has 1 N–H and O–H groups in total. The van der Waals surface area contributed by atoms with Gasteiger partial charge < -0.3 is 14.8 Å². The van der Waals surface area contributed by atoms with E-state index >= 15 is 0 Å². The topological polar surface area (TPSA) is 82.1 Å². The standard InChI is InChI=1S/C20H19N5O2S3/c1-10-21-17-16(13(9-28-17)11-4-7-14(26-2)15(8-11)27-3)18(22-10)29-20-25-24-19(30-20)23-12-5-6-12/h4,7-9,12H,5-6H2,1-3H3,(H,23,24). The van der Waals surface area contributed by atoms with Crippen LogP contribution >= 0.6 is 34.4 Å². The quantitative estimate of drug-likeness (QED) is 0.376. The first kappa shape index (κ1) is 19.5. The summed E-state index contributed by atoms with van der Waals surface area (Å²) in [6.45, 7) is 1.92. The van der Waals surface area contributed by atoms with Gasteiger partial charge in [-0.05, 0) is 49.2 Å². The van der Waals surface area contributed by atoms with Gasteiger partial charge >= 0.3 is 0 Å². The Hall–Kier alpha value is -2.43. The fourth-order valence-electron chi connectivity index (χ4n) is 3.10. The Labute approximate surface area is 185 Å². The molecular weight excluding hydrogens is 438 g/mol. The molecule has 154 valence electrons. The normalized spacial score (nSPS) is 13.6. The first-order valence-electron chi connectivity index (χ1n) is 9.40. The summed E-state index contributed by atoms with van der Waals surface area (Å²) >= 11 is 4.71. The molecule has 0 unspecified atom stereocenters. The van der Waals surface area contributed by atoms with E-state index in [1.807, 2.05) is 25.1 Å². The number of benzene rings is 1. The van der Waals surface area contributed by atoms with Crippen LogP contribution in [0.5, 0.6) is 11.5 Å². The third-order valence-corrected chi connectivity index (χ3v) is 7.47. The molecule has 4 aromatic rings. The molecule has 0 amide bonds. The minimum Gasteiger partial charge on any atom is -0.493 e. The summed E-state index contributed by atoms with van der Waals surface area (Å²) in [6, 6.07) is 6.48. The SMILES string of the molecule is COc1ccc(-c2csc3nc(C)nc(Sc4nnc(NC5CC5)s4)c23)cc1OC. The van der Waals surface area contributed by atoms with Crippen molar-refractivity contribution in [2.45, 2.75) is 35.2 Å². The monoisotopic (exact) mass is 457 g/mol. The average Bonchev–Trinajstić information content (AvgIpc) is 3.28. The average molecular weight is 458 g/mol. The number of rotatable bonds is 7. The van der Waals surface area contributed by atoms with Gasteiger partial charge in [0.2, 0.25) is 5.13 Å². The molecule has 3 heterocycles. The maximum Gasteiger partial charge on any atom is 0.206 e. The number of nitrogens with one attached hydrogen (secondary N) is 1. The number of methoxy groups -OCH3 is 2. The van der Waals surface area contributed by atoms with Crippen molar-refractivity contribution in [3.8, 4) is 22.6 Å². The van der Waals surface area contributed by atoms with Crippen molar-refractivity contribution in [1.29, 1.82) is 0 Å². The van der Waals surface area contributed by atoms with Crippen molar-refractivity contribution >= 4 is 49.8 Å². The molecule has 0 aliphatic heterocycles. The third kappa shape index (κ3) is 3.82. The van der Waals surface area contributed by atoms with Gasteiger partial charge in [0, 0.05) is 17.0 Å². The molecule has 10 heteroatoms. The van der Waals surface area contributed by atoms with Crippen molar-refractivity contribution in [1.82, 2.24) is 20.2 Å². The molecule has 5 rings (SSSR count). The van der Waals surface area contributed by atoms with E-state index in [1.54, 1.807) is 36.9 Å². The van der Waals surface area contributed by atoms with Crippen LogP contribution in [0.4, 0.5) is 5.13 Å². The molecule has 1 saturated carbocycles. The highest BCUT2D eigenvalue weighted by Crippen LogP contribution is 2.43. The zero-order valence-corrected chi connectivity index (χ0v) is 19.1. The van der Waals surface area contributed by atoms with E-state index < -0.39 is 0 Å². The van der Waals surface area contributed by atoms with E-state index in [0.717, 1.165) is 41.7 Å². The van der Waals surface area contributed by atoms with Crippen LogP contribution in [0.1, 0.15) is 18.7 Å². The lowest BCUT2D eigenvalue weighted by atomic mass is 10.1. The number of anilines is 1.